The summed E-state index contributed by atoms with van der Waals surface area (Å²) in [7, 11) is 0. The number of aromatic nitrogens is 5. The van der Waals surface area contributed by atoms with Crippen molar-refractivity contribution in [1.29, 1.82) is 0 Å². The van der Waals surface area contributed by atoms with Gasteiger partial charge >= 0.3 is 12.5 Å². The average Bonchev–Trinajstić information content (AvgIpc) is 3.37. The quantitative estimate of drug-likeness (QED) is 0.151. The zero-order valence-electron chi connectivity index (χ0n) is 28.0. The summed E-state index contributed by atoms with van der Waals surface area (Å²) in [5.74, 6) is -0.739. The molecule has 50 heavy (non-hydrogen) atoms. The number of aromatic amines is 1. The lowest BCUT2D eigenvalue weighted by atomic mass is 9.75. The molecule has 0 bridgehead atoms. The van der Waals surface area contributed by atoms with Crippen molar-refractivity contribution in [2.45, 2.75) is 77.7 Å². The number of rotatable bonds is 12. The SMILES string of the molecule is CC(F)C1(CC(=O)OC[C@H](c2ccc(Cl)c(-c3ncn[nH]3)c2)N2C(=O)[C@@](CC(C)(C)C)(c3ccc(-c4cnn(C(F)F)c4)cc3)N=C2N)CC1. The van der Waals surface area contributed by atoms with Crippen LogP contribution in [0.1, 0.15) is 77.1 Å². The van der Waals surface area contributed by atoms with E-state index in [-0.39, 0.29) is 25.4 Å². The highest BCUT2D eigenvalue weighted by Crippen LogP contribution is 2.53. The Bertz CT molecular complexity index is 1900. The fourth-order valence-corrected chi connectivity index (χ4v) is 6.79. The molecular weight excluding hydrogens is 673 g/mol. The third-order valence-corrected chi connectivity index (χ3v) is 9.73. The molecule has 6 rings (SSSR count). The van der Waals surface area contributed by atoms with E-state index in [0.29, 0.717) is 56.2 Å². The highest BCUT2D eigenvalue weighted by atomic mass is 35.5. The van der Waals surface area contributed by atoms with Gasteiger partial charge in [0.05, 0.1) is 23.7 Å². The van der Waals surface area contributed by atoms with Gasteiger partial charge in [0.2, 0.25) is 0 Å². The Morgan fingerprint density at radius 2 is 1.84 bits per heavy atom. The minimum Gasteiger partial charge on any atom is -0.463 e. The van der Waals surface area contributed by atoms with Crippen LogP contribution >= 0.6 is 11.6 Å². The molecule has 264 valence electrons. The number of alkyl halides is 3. The number of ether oxygens (including phenoxy) is 1. The molecular formula is C35H38ClF3N8O3. The Morgan fingerprint density at radius 3 is 2.42 bits per heavy atom. The third kappa shape index (κ3) is 6.85. The van der Waals surface area contributed by atoms with Crippen molar-refractivity contribution < 1.29 is 27.5 Å². The zero-order valence-corrected chi connectivity index (χ0v) is 28.8. The maximum atomic E-state index is 14.9. The molecule has 1 amide bonds. The summed E-state index contributed by atoms with van der Waals surface area (Å²) in [4.78, 5) is 38.4. The Hall–Kier alpha value is -4.72. The van der Waals surface area contributed by atoms with Crippen molar-refractivity contribution in [3.63, 3.8) is 0 Å². The summed E-state index contributed by atoms with van der Waals surface area (Å²) in [6.07, 6.45) is 4.11. The molecule has 0 saturated heterocycles. The smallest absolute Gasteiger partial charge is 0.333 e. The molecule has 11 nitrogen and oxygen atoms in total. The highest BCUT2D eigenvalue weighted by molar-refractivity contribution is 6.33. The van der Waals surface area contributed by atoms with Crippen LogP contribution in [0.3, 0.4) is 0 Å². The number of carbonyl (C=O) groups is 2. The molecule has 1 fully saturated rings. The first-order chi connectivity index (χ1) is 23.6. The van der Waals surface area contributed by atoms with Gasteiger partial charge in [-0.3, -0.25) is 19.6 Å². The third-order valence-electron chi connectivity index (χ3n) is 9.40. The minimum absolute atomic E-state index is 0.0879. The summed E-state index contributed by atoms with van der Waals surface area (Å²) in [6, 6.07) is 11.0. The number of guanidine groups is 1. The van der Waals surface area contributed by atoms with Gasteiger partial charge in [0.15, 0.2) is 17.3 Å². The van der Waals surface area contributed by atoms with E-state index in [1.807, 2.05) is 20.8 Å². The van der Waals surface area contributed by atoms with E-state index >= 15 is 0 Å². The van der Waals surface area contributed by atoms with Crippen molar-refractivity contribution in [2.24, 2.45) is 21.6 Å². The Balaban J connectivity index is 1.38. The summed E-state index contributed by atoms with van der Waals surface area (Å²) in [6.45, 7) is 4.30. The van der Waals surface area contributed by atoms with E-state index < -0.39 is 47.0 Å². The number of nitrogens with zero attached hydrogens (tertiary/aromatic N) is 6. The van der Waals surface area contributed by atoms with Gasteiger partial charge in [-0.2, -0.15) is 19.0 Å². The number of esters is 1. The fourth-order valence-electron chi connectivity index (χ4n) is 6.58. The molecule has 2 aromatic carbocycles. The van der Waals surface area contributed by atoms with Crippen molar-refractivity contribution in [1.82, 2.24) is 29.9 Å². The number of nitrogens with one attached hydrogen (secondary N) is 1. The summed E-state index contributed by atoms with van der Waals surface area (Å²) < 4.78 is 47.0. The second-order valence-corrected chi connectivity index (χ2v) is 14.6. The number of H-pyrrole nitrogens is 1. The minimum atomic E-state index is -2.78. The van der Waals surface area contributed by atoms with E-state index in [1.54, 1.807) is 42.5 Å². The van der Waals surface area contributed by atoms with Crippen molar-refractivity contribution in [3.8, 4) is 22.5 Å². The average molecular weight is 711 g/mol. The van der Waals surface area contributed by atoms with Crippen LogP contribution in [0, 0.1) is 10.8 Å². The summed E-state index contributed by atoms with van der Waals surface area (Å²) >= 11 is 6.54. The first kappa shape index (κ1) is 35.1. The van der Waals surface area contributed by atoms with Gasteiger partial charge in [-0.05, 0) is 60.4 Å². The summed E-state index contributed by atoms with van der Waals surface area (Å²) in [5, 5.41) is 10.8. The van der Waals surface area contributed by atoms with Gasteiger partial charge in [-0.15, -0.1) is 0 Å². The van der Waals surface area contributed by atoms with Crippen LogP contribution in [0.4, 0.5) is 13.2 Å². The van der Waals surface area contributed by atoms with Gasteiger partial charge in [-0.1, -0.05) is 62.7 Å². The number of carbonyl (C=O) groups excluding carboxylic acids is 2. The molecule has 1 aliphatic carbocycles. The van der Waals surface area contributed by atoms with Gasteiger partial charge in [0.1, 0.15) is 19.1 Å². The lowest BCUT2D eigenvalue weighted by Gasteiger charge is -2.35. The number of benzene rings is 2. The highest BCUT2D eigenvalue weighted by Gasteiger charge is 2.54. The standard InChI is InChI=1S/C35H38ClF3N8O3/c1-20(37)34(11-12-34)14-28(48)50-17-27(22-7-10-26(36)25(13-22)29-41-19-42-45-29)47-30(49)35(44-32(47)40,18-33(2,3)4)24-8-5-21(6-9-24)23-15-43-46(16-23)31(38)39/h5-10,13,15-16,19-20,27,31H,11-12,14,17-18H2,1-4H3,(H2,40,44)(H,41,42,45)/t20?,27-,35-/m1/s1. The van der Waals surface area contributed by atoms with E-state index in [0.717, 1.165) is 0 Å². The number of hydrogen-bond donors (Lipinski definition) is 2. The predicted molar refractivity (Wildman–Crippen MR) is 181 cm³/mol. The Labute approximate surface area is 292 Å². The van der Waals surface area contributed by atoms with Crippen LogP contribution in [0.15, 0.2) is 66.2 Å². The molecule has 1 unspecified atom stereocenters. The topological polar surface area (TPSA) is 144 Å². The maximum Gasteiger partial charge on any atom is 0.333 e. The zero-order chi connectivity index (χ0) is 36.0. The second kappa shape index (κ2) is 13.2. The molecule has 1 saturated carbocycles. The molecule has 1 aliphatic heterocycles. The number of amides is 1. The first-order valence-electron chi connectivity index (χ1n) is 16.2. The van der Waals surface area contributed by atoms with Gasteiger partial charge in [-0.25, -0.2) is 19.0 Å². The van der Waals surface area contributed by atoms with Crippen LogP contribution in [-0.2, 0) is 19.9 Å². The molecule has 3 heterocycles. The van der Waals surface area contributed by atoms with Crippen LogP contribution in [0.25, 0.3) is 22.5 Å². The van der Waals surface area contributed by atoms with Crippen LogP contribution in [0.5, 0.6) is 0 Å². The van der Waals surface area contributed by atoms with Crippen molar-refractivity contribution in [3.05, 3.63) is 77.3 Å². The molecule has 3 N–H and O–H groups in total. The van der Waals surface area contributed by atoms with Crippen LogP contribution in [-0.4, -0.2) is 60.5 Å². The number of halogens is 4. The van der Waals surface area contributed by atoms with E-state index in [9.17, 15) is 22.8 Å². The van der Waals surface area contributed by atoms with Crippen molar-refractivity contribution >= 4 is 29.4 Å². The molecule has 0 radical (unpaired) electrons. The molecule has 15 heteroatoms. The maximum absolute atomic E-state index is 14.9. The molecule has 2 aliphatic rings. The lowest BCUT2D eigenvalue weighted by Crippen LogP contribution is -2.47. The number of hydrogen-bond acceptors (Lipinski definition) is 8. The Morgan fingerprint density at radius 1 is 1.12 bits per heavy atom. The number of nitrogens with two attached hydrogens (primary N) is 1. The first-order valence-corrected chi connectivity index (χ1v) is 16.6. The normalized spacial score (nSPS) is 19.8. The fraction of sp³-hybridized carbons (Fsp3) is 0.429. The van der Waals surface area contributed by atoms with Crippen molar-refractivity contribution in [2.75, 3.05) is 6.61 Å². The molecule has 2 aromatic heterocycles. The van der Waals surface area contributed by atoms with Gasteiger partial charge in [0.25, 0.3) is 5.91 Å². The molecule has 3 atom stereocenters. The van der Waals surface area contributed by atoms with Crippen LogP contribution in [0.2, 0.25) is 5.02 Å². The van der Waals surface area contributed by atoms with Crippen LogP contribution < -0.4 is 5.73 Å². The predicted octanol–water partition coefficient (Wildman–Crippen LogP) is 6.98. The molecule has 0 spiro atoms. The largest absolute Gasteiger partial charge is 0.463 e. The lowest BCUT2D eigenvalue weighted by molar-refractivity contribution is -0.149. The second-order valence-electron chi connectivity index (χ2n) is 14.2. The van der Waals surface area contributed by atoms with Gasteiger partial charge in [0, 0.05) is 22.7 Å². The van der Waals surface area contributed by atoms with E-state index in [4.69, 9.17) is 27.1 Å². The molecule has 4 aromatic rings. The summed E-state index contributed by atoms with van der Waals surface area (Å²) in [5.41, 5.74) is 6.67. The Kier molecular flexibility index (Phi) is 9.27. The van der Waals surface area contributed by atoms with Gasteiger partial charge < -0.3 is 10.5 Å². The van der Waals surface area contributed by atoms with E-state index in [2.05, 4.69) is 20.3 Å². The number of aliphatic imine (C=N–C) groups is 1. The monoisotopic (exact) mass is 710 g/mol. The van der Waals surface area contributed by atoms with E-state index in [1.165, 1.54) is 30.5 Å².